The molecule has 2 aliphatic rings. The maximum atomic E-state index is 13.4. The molecule has 2 amide bonds. The van der Waals surface area contributed by atoms with Gasteiger partial charge in [0.05, 0.1) is 40.4 Å². The van der Waals surface area contributed by atoms with Crippen LogP contribution in [-0.2, 0) is 12.8 Å². The zero-order valence-electron chi connectivity index (χ0n) is 24.4. The number of fused-ring (bicyclic) bond motifs is 2. The van der Waals surface area contributed by atoms with Crippen LogP contribution in [0.5, 0.6) is 23.0 Å². The van der Waals surface area contributed by atoms with Crippen molar-refractivity contribution >= 4 is 35.0 Å². The Morgan fingerprint density at radius 2 is 1.47 bits per heavy atom. The average molecular weight is 648 g/mol. The summed E-state index contributed by atoms with van der Waals surface area (Å²) in [6.07, 6.45) is 3.26. The molecule has 2 aliphatic carbocycles. The SMILES string of the molecule is COc1ccc2c(c1)CC(c1cc(O)c3c(c1)C(NC(=O)c1cccc(Cl)c1O)CCC3)CC2NC(=O)c1cccc(Cl)c1O. The first kappa shape index (κ1) is 30.6. The molecule has 0 aromatic heterocycles. The van der Waals surface area contributed by atoms with Gasteiger partial charge in [-0.3, -0.25) is 9.59 Å². The summed E-state index contributed by atoms with van der Waals surface area (Å²) in [7, 11) is 1.60. The second-order valence-electron chi connectivity index (χ2n) is 11.5. The van der Waals surface area contributed by atoms with Crippen molar-refractivity contribution in [3.8, 4) is 23.0 Å². The number of hydrogen-bond donors (Lipinski definition) is 5. The minimum Gasteiger partial charge on any atom is -0.508 e. The Balaban J connectivity index is 1.33. The molecule has 0 spiro atoms. The highest BCUT2D eigenvalue weighted by Gasteiger charge is 2.33. The van der Waals surface area contributed by atoms with E-state index in [2.05, 4.69) is 10.6 Å². The molecule has 6 rings (SSSR count). The lowest BCUT2D eigenvalue weighted by molar-refractivity contribution is 0.0921. The lowest BCUT2D eigenvalue weighted by Crippen LogP contribution is -2.33. The highest BCUT2D eigenvalue weighted by atomic mass is 35.5. The van der Waals surface area contributed by atoms with Crippen molar-refractivity contribution in [3.63, 3.8) is 0 Å². The molecule has 10 heteroatoms. The second kappa shape index (κ2) is 12.5. The minimum absolute atomic E-state index is 0.0791. The Bertz CT molecular complexity index is 1810. The third kappa shape index (κ3) is 6.00. The first-order chi connectivity index (χ1) is 21.6. The van der Waals surface area contributed by atoms with Crippen molar-refractivity contribution in [3.05, 3.63) is 116 Å². The predicted octanol–water partition coefficient (Wildman–Crippen LogP) is 7.13. The van der Waals surface area contributed by atoms with Crippen LogP contribution >= 0.6 is 23.2 Å². The lowest BCUT2D eigenvalue weighted by atomic mass is 9.75. The van der Waals surface area contributed by atoms with E-state index >= 15 is 0 Å². The summed E-state index contributed by atoms with van der Waals surface area (Å²) in [6.45, 7) is 0. The van der Waals surface area contributed by atoms with Gasteiger partial charge < -0.3 is 30.7 Å². The van der Waals surface area contributed by atoms with Crippen LogP contribution in [0.1, 0.15) is 85.8 Å². The van der Waals surface area contributed by atoms with E-state index in [1.54, 1.807) is 25.3 Å². The van der Waals surface area contributed by atoms with Crippen molar-refractivity contribution in [1.82, 2.24) is 10.6 Å². The summed E-state index contributed by atoms with van der Waals surface area (Å²) in [6, 6.07) is 18.0. The fraction of sp³-hybridized carbons (Fsp3) is 0.257. The average Bonchev–Trinajstić information content (AvgIpc) is 3.03. The molecule has 4 aromatic carbocycles. The van der Waals surface area contributed by atoms with Gasteiger partial charge in [-0.2, -0.15) is 0 Å². The van der Waals surface area contributed by atoms with Crippen LogP contribution in [0.15, 0.2) is 66.7 Å². The highest BCUT2D eigenvalue weighted by Crippen LogP contribution is 2.44. The number of ether oxygens (including phenoxy) is 1. The van der Waals surface area contributed by atoms with Crippen molar-refractivity contribution in [1.29, 1.82) is 0 Å². The fourth-order valence-corrected chi connectivity index (χ4v) is 6.90. The van der Waals surface area contributed by atoms with Crippen molar-refractivity contribution in [2.45, 2.75) is 50.1 Å². The molecule has 8 nitrogen and oxygen atoms in total. The standard InChI is InChI=1S/C35H32Cl2N2O6/c1-45-21-11-12-22-20(14-21)13-18(16-30(22)39-35(44)25-7-3-9-28(37)33(25)42)19-15-26-23(31(40)17-19)5-4-10-29(26)38-34(43)24-6-2-8-27(36)32(24)41/h2-3,6-9,11-12,14-15,17-18,29-30,40-42H,4-5,10,13,16H2,1H3,(H,38,43)(H,39,44). The van der Waals surface area contributed by atoms with Crippen LogP contribution in [-0.4, -0.2) is 34.2 Å². The summed E-state index contributed by atoms with van der Waals surface area (Å²) in [5.74, 6) is -0.724. The number of para-hydroxylation sites is 2. The van der Waals surface area contributed by atoms with E-state index in [-0.39, 0.29) is 50.4 Å². The van der Waals surface area contributed by atoms with Gasteiger partial charge >= 0.3 is 0 Å². The Labute approximate surface area is 270 Å². The molecule has 0 fully saturated rings. The van der Waals surface area contributed by atoms with Gasteiger partial charge in [-0.25, -0.2) is 0 Å². The quantitative estimate of drug-likeness (QED) is 0.152. The molecule has 0 saturated carbocycles. The summed E-state index contributed by atoms with van der Waals surface area (Å²) in [5.41, 5.74) is 4.57. The molecule has 3 unspecified atom stereocenters. The first-order valence-electron chi connectivity index (χ1n) is 14.7. The Morgan fingerprint density at radius 1 is 0.822 bits per heavy atom. The van der Waals surface area contributed by atoms with E-state index in [4.69, 9.17) is 27.9 Å². The van der Waals surface area contributed by atoms with Crippen LogP contribution in [0.25, 0.3) is 0 Å². The number of rotatable bonds is 6. The smallest absolute Gasteiger partial charge is 0.255 e. The largest absolute Gasteiger partial charge is 0.508 e. The highest BCUT2D eigenvalue weighted by molar-refractivity contribution is 6.33. The van der Waals surface area contributed by atoms with Crippen LogP contribution in [0.3, 0.4) is 0 Å². The molecule has 5 N–H and O–H groups in total. The number of carbonyl (C=O) groups is 2. The molecular weight excluding hydrogens is 615 g/mol. The number of phenolic OH excluding ortho intramolecular Hbond substituents is 3. The van der Waals surface area contributed by atoms with Crippen molar-refractivity contribution in [2.24, 2.45) is 0 Å². The molecule has 0 aliphatic heterocycles. The van der Waals surface area contributed by atoms with Gasteiger partial charge in [-0.1, -0.05) is 47.5 Å². The molecule has 4 aromatic rings. The van der Waals surface area contributed by atoms with Gasteiger partial charge in [0.2, 0.25) is 0 Å². The Morgan fingerprint density at radius 3 is 2.11 bits per heavy atom. The van der Waals surface area contributed by atoms with E-state index in [0.29, 0.717) is 31.4 Å². The molecule has 232 valence electrons. The van der Waals surface area contributed by atoms with E-state index in [1.165, 1.54) is 24.3 Å². The molecule has 0 saturated heterocycles. The topological polar surface area (TPSA) is 128 Å². The first-order valence-corrected chi connectivity index (χ1v) is 15.5. The number of benzene rings is 4. The van der Waals surface area contributed by atoms with Crippen LogP contribution < -0.4 is 15.4 Å². The normalized spacial score (nSPS) is 18.8. The fourth-order valence-electron chi connectivity index (χ4n) is 6.55. The van der Waals surface area contributed by atoms with E-state index in [9.17, 15) is 24.9 Å². The number of aromatic hydroxyl groups is 3. The summed E-state index contributed by atoms with van der Waals surface area (Å²) < 4.78 is 5.49. The number of carbonyl (C=O) groups excluding carboxylic acids is 2. The summed E-state index contributed by atoms with van der Waals surface area (Å²) >= 11 is 12.1. The van der Waals surface area contributed by atoms with E-state index in [1.807, 2.05) is 24.3 Å². The third-order valence-electron chi connectivity index (χ3n) is 8.84. The van der Waals surface area contributed by atoms with Crippen LogP contribution in [0.4, 0.5) is 0 Å². The summed E-state index contributed by atoms with van der Waals surface area (Å²) in [5, 5.41) is 38.3. The van der Waals surface area contributed by atoms with E-state index < -0.39 is 17.9 Å². The third-order valence-corrected chi connectivity index (χ3v) is 9.45. The Hall–Kier alpha value is -4.40. The number of phenols is 3. The molecule has 0 radical (unpaired) electrons. The van der Waals surface area contributed by atoms with Crippen molar-refractivity contribution < 1.29 is 29.6 Å². The number of methoxy groups -OCH3 is 1. The Kier molecular flexibility index (Phi) is 8.53. The molecule has 3 atom stereocenters. The molecule has 45 heavy (non-hydrogen) atoms. The van der Waals surface area contributed by atoms with Gasteiger partial charge in [-0.05, 0) is 108 Å². The lowest BCUT2D eigenvalue weighted by Gasteiger charge is -2.34. The van der Waals surface area contributed by atoms with Gasteiger partial charge in [-0.15, -0.1) is 0 Å². The number of halogens is 2. The number of hydrogen-bond acceptors (Lipinski definition) is 6. The van der Waals surface area contributed by atoms with Crippen LogP contribution in [0.2, 0.25) is 10.0 Å². The maximum absolute atomic E-state index is 13.4. The minimum atomic E-state index is -0.456. The van der Waals surface area contributed by atoms with Gasteiger partial charge in [0.1, 0.15) is 23.0 Å². The zero-order chi connectivity index (χ0) is 31.8. The second-order valence-corrected chi connectivity index (χ2v) is 12.3. The number of amides is 2. The zero-order valence-corrected chi connectivity index (χ0v) is 26.0. The molecule has 0 heterocycles. The molecular formula is C35H32Cl2N2O6. The predicted molar refractivity (Wildman–Crippen MR) is 172 cm³/mol. The summed E-state index contributed by atoms with van der Waals surface area (Å²) in [4.78, 5) is 26.6. The maximum Gasteiger partial charge on any atom is 0.255 e. The van der Waals surface area contributed by atoms with Gasteiger partial charge in [0, 0.05) is 0 Å². The number of nitrogens with one attached hydrogen (secondary N) is 2. The van der Waals surface area contributed by atoms with E-state index in [0.717, 1.165) is 34.2 Å². The van der Waals surface area contributed by atoms with Gasteiger partial charge in [0.25, 0.3) is 11.8 Å². The molecule has 0 bridgehead atoms. The monoisotopic (exact) mass is 646 g/mol. The van der Waals surface area contributed by atoms with Gasteiger partial charge in [0.15, 0.2) is 0 Å². The van der Waals surface area contributed by atoms with Crippen LogP contribution in [0, 0.1) is 0 Å². The van der Waals surface area contributed by atoms with Crippen molar-refractivity contribution in [2.75, 3.05) is 7.11 Å².